The number of benzene rings is 4. The maximum absolute atomic E-state index is 14.6. The minimum Gasteiger partial charge on any atom is -0.460 e. The monoisotopic (exact) mass is 672 g/mol. The van der Waals surface area contributed by atoms with Crippen LogP contribution in [0.2, 0.25) is 5.02 Å². The quantitative estimate of drug-likeness (QED) is 0.110. The van der Waals surface area contributed by atoms with Crippen LogP contribution < -0.4 is 4.90 Å². The lowest BCUT2D eigenvalue weighted by Gasteiger charge is -2.41. The molecule has 0 aromatic heterocycles. The summed E-state index contributed by atoms with van der Waals surface area (Å²) in [5.74, 6) is -1.21. The fourth-order valence-electron chi connectivity index (χ4n) is 7.41. The summed E-state index contributed by atoms with van der Waals surface area (Å²) in [6.45, 7) is 7.13. The summed E-state index contributed by atoms with van der Waals surface area (Å²) in [6, 6.07) is 27.7. The summed E-state index contributed by atoms with van der Waals surface area (Å²) in [4.78, 5) is 42.0. The van der Waals surface area contributed by atoms with E-state index in [1.807, 2.05) is 83.8 Å². The molecule has 246 valence electrons. The average molecular weight is 673 g/mol. The number of hydrogen-bond acceptors (Lipinski definition) is 7. The predicted molar refractivity (Wildman–Crippen MR) is 190 cm³/mol. The summed E-state index contributed by atoms with van der Waals surface area (Å²) >= 11 is 6.10. The molecule has 1 unspecified atom stereocenters. The first-order chi connectivity index (χ1) is 23.5. The zero-order valence-corrected chi connectivity index (χ0v) is 28.1. The van der Waals surface area contributed by atoms with E-state index in [-0.39, 0.29) is 22.0 Å². The van der Waals surface area contributed by atoms with Gasteiger partial charge >= 0.3 is 11.9 Å². The Labute approximate surface area is 289 Å². The van der Waals surface area contributed by atoms with Crippen LogP contribution in [0.25, 0.3) is 22.8 Å². The summed E-state index contributed by atoms with van der Waals surface area (Å²) in [6.07, 6.45) is 4.88. The number of ether oxygens (including phenoxy) is 2. The second-order valence-corrected chi connectivity index (χ2v) is 13.2. The van der Waals surface area contributed by atoms with E-state index in [0.717, 1.165) is 33.4 Å². The largest absolute Gasteiger partial charge is 0.460 e. The van der Waals surface area contributed by atoms with Gasteiger partial charge in [0.2, 0.25) is 0 Å². The smallest absolute Gasteiger partial charge is 0.355 e. The van der Waals surface area contributed by atoms with Gasteiger partial charge in [0, 0.05) is 17.3 Å². The molecule has 4 aromatic carbocycles. The Bertz CT molecular complexity index is 2100. The number of fused-ring (bicyclic) bond motifs is 9. The van der Waals surface area contributed by atoms with Crippen LogP contribution in [0.3, 0.4) is 0 Å². The number of hydrogen-bond donors (Lipinski definition) is 0. The first kappa shape index (κ1) is 32.1. The van der Waals surface area contributed by atoms with Gasteiger partial charge in [-0.3, -0.25) is 10.1 Å². The number of nitrogens with zero attached hydrogens (tertiary/aromatic N) is 2. The number of para-hydroxylation sites is 1. The SMILES string of the molecule is CC(C)OC(=O)C1=C(C(=O)OC(C)C)C2(c3ccccc3-c3ccccc32)C2C=C(/C=C/c3ccc(Cl)c([N+](=O)[O-])c3)c3ccccc3N12. The van der Waals surface area contributed by atoms with Crippen molar-refractivity contribution in [3.63, 3.8) is 0 Å². The highest BCUT2D eigenvalue weighted by atomic mass is 35.5. The molecule has 0 N–H and O–H groups in total. The van der Waals surface area contributed by atoms with Crippen LogP contribution in [0.1, 0.15) is 49.9 Å². The number of carbonyl (C=O) groups is 2. The molecule has 2 aliphatic heterocycles. The maximum atomic E-state index is 14.6. The third-order valence-corrected chi connectivity index (χ3v) is 9.42. The van der Waals surface area contributed by atoms with Crippen molar-refractivity contribution < 1.29 is 24.0 Å². The molecule has 4 aromatic rings. The van der Waals surface area contributed by atoms with Crippen molar-refractivity contribution in [3.05, 3.63) is 152 Å². The van der Waals surface area contributed by atoms with E-state index in [2.05, 4.69) is 6.08 Å². The molecule has 0 saturated carbocycles. The van der Waals surface area contributed by atoms with Crippen molar-refractivity contribution in [1.82, 2.24) is 0 Å². The highest BCUT2D eigenvalue weighted by Gasteiger charge is 2.63. The minimum atomic E-state index is -1.16. The molecule has 0 saturated heterocycles. The fourth-order valence-corrected chi connectivity index (χ4v) is 7.59. The molecule has 3 aliphatic rings. The van der Waals surface area contributed by atoms with E-state index in [1.165, 1.54) is 12.1 Å². The van der Waals surface area contributed by atoms with Crippen molar-refractivity contribution in [2.75, 3.05) is 4.90 Å². The summed E-state index contributed by atoms with van der Waals surface area (Å²) in [7, 11) is 0. The molecular weight excluding hydrogens is 640 g/mol. The average Bonchev–Trinajstić information content (AvgIpc) is 3.55. The lowest BCUT2D eigenvalue weighted by Crippen LogP contribution is -2.47. The Morgan fingerprint density at radius 2 is 1.39 bits per heavy atom. The maximum Gasteiger partial charge on any atom is 0.355 e. The van der Waals surface area contributed by atoms with Gasteiger partial charge in [-0.2, -0.15) is 0 Å². The molecule has 1 spiro atoms. The topological polar surface area (TPSA) is 99.0 Å². The Kier molecular flexibility index (Phi) is 7.99. The highest BCUT2D eigenvalue weighted by molar-refractivity contribution is 6.32. The van der Waals surface area contributed by atoms with Crippen LogP contribution >= 0.6 is 11.6 Å². The van der Waals surface area contributed by atoms with Crippen molar-refractivity contribution in [2.45, 2.75) is 51.4 Å². The van der Waals surface area contributed by atoms with Crippen LogP contribution in [0.4, 0.5) is 11.4 Å². The first-order valence-electron chi connectivity index (χ1n) is 16.1. The Morgan fingerprint density at radius 1 is 0.816 bits per heavy atom. The number of rotatable bonds is 7. The minimum absolute atomic E-state index is 0.0548. The van der Waals surface area contributed by atoms with E-state index in [1.54, 1.807) is 39.8 Å². The van der Waals surface area contributed by atoms with Crippen LogP contribution in [-0.4, -0.2) is 35.1 Å². The molecule has 0 fully saturated rings. The van der Waals surface area contributed by atoms with Crippen molar-refractivity contribution in [3.8, 4) is 11.1 Å². The fraction of sp³-hybridized carbons (Fsp3) is 0.200. The van der Waals surface area contributed by atoms with Crippen LogP contribution in [0.15, 0.2) is 114 Å². The van der Waals surface area contributed by atoms with Gasteiger partial charge < -0.3 is 14.4 Å². The number of nitro groups is 1. The van der Waals surface area contributed by atoms with E-state index < -0.39 is 40.5 Å². The lowest BCUT2D eigenvalue weighted by atomic mass is 9.67. The third-order valence-electron chi connectivity index (χ3n) is 9.11. The predicted octanol–water partition coefficient (Wildman–Crippen LogP) is 8.67. The molecule has 9 heteroatoms. The number of nitro benzene ring substituents is 1. The molecule has 8 nitrogen and oxygen atoms in total. The van der Waals surface area contributed by atoms with E-state index in [4.69, 9.17) is 21.1 Å². The van der Waals surface area contributed by atoms with Crippen molar-refractivity contribution in [1.29, 1.82) is 0 Å². The molecule has 0 radical (unpaired) electrons. The highest BCUT2D eigenvalue weighted by Crippen LogP contribution is 2.62. The zero-order chi connectivity index (χ0) is 34.6. The van der Waals surface area contributed by atoms with Crippen molar-refractivity contribution >= 4 is 46.6 Å². The number of esters is 2. The number of allylic oxidation sites excluding steroid dienone is 2. The van der Waals surface area contributed by atoms with Crippen molar-refractivity contribution in [2.24, 2.45) is 0 Å². The van der Waals surface area contributed by atoms with Gasteiger partial charge in [-0.25, -0.2) is 9.59 Å². The van der Waals surface area contributed by atoms with Gasteiger partial charge in [-0.1, -0.05) is 103 Å². The summed E-state index contributed by atoms with van der Waals surface area (Å²) in [5.41, 5.74) is 5.61. The second kappa shape index (κ2) is 12.2. The Balaban J connectivity index is 1.54. The molecule has 1 aliphatic carbocycles. The van der Waals surface area contributed by atoms with Crippen LogP contribution in [-0.2, 0) is 24.5 Å². The first-order valence-corrected chi connectivity index (χ1v) is 16.5. The standard InChI is InChI=1S/C40H33ClN2O6/c1-23(2)48-38(44)36-37(39(45)49-24(3)4)42-33-16-10-7-11-27(33)26(19-17-25-18-20-32(41)34(21-25)43(46)47)22-35(42)40(36)30-14-8-5-12-28(30)29-13-6-9-15-31(29)40/h5-24,35H,1-4H3/b19-17+. The van der Waals surface area contributed by atoms with Crippen LogP contribution in [0, 0.1) is 10.1 Å². The van der Waals surface area contributed by atoms with Gasteiger partial charge in [0.1, 0.15) is 10.7 Å². The number of halogens is 1. The zero-order valence-electron chi connectivity index (χ0n) is 27.3. The molecule has 7 rings (SSSR count). The molecule has 49 heavy (non-hydrogen) atoms. The Morgan fingerprint density at radius 3 is 2.00 bits per heavy atom. The molecule has 0 bridgehead atoms. The third kappa shape index (κ3) is 5.06. The van der Waals surface area contributed by atoms with E-state index in [9.17, 15) is 19.7 Å². The lowest BCUT2D eigenvalue weighted by molar-refractivity contribution is -0.384. The number of anilines is 1. The summed E-state index contributed by atoms with van der Waals surface area (Å²) in [5, 5.41) is 11.7. The second-order valence-electron chi connectivity index (χ2n) is 12.8. The van der Waals surface area contributed by atoms with E-state index >= 15 is 0 Å². The van der Waals surface area contributed by atoms with Crippen LogP contribution in [0.5, 0.6) is 0 Å². The number of carbonyl (C=O) groups excluding carboxylic acids is 2. The van der Waals surface area contributed by atoms with Gasteiger partial charge in [0.25, 0.3) is 5.69 Å². The van der Waals surface area contributed by atoms with E-state index in [0.29, 0.717) is 11.3 Å². The van der Waals surface area contributed by atoms with Gasteiger partial charge in [-0.05, 0) is 73.2 Å². The molecule has 2 heterocycles. The summed E-state index contributed by atoms with van der Waals surface area (Å²) < 4.78 is 11.9. The normalized spacial score (nSPS) is 16.8. The molecule has 0 amide bonds. The molecule has 1 atom stereocenters. The van der Waals surface area contributed by atoms with Gasteiger partial charge in [0.15, 0.2) is 0 Å². The van der Waals surface area contributed by atoms with Gasteiger partial charge in [-0.15, -0.1) is 0 Å². The van der Waals surface area contributed by atoms with Gasteiger partial charge in [0.05, 0.1) is 34.2 Å². The molecular formula is C40H33ClN2O6. The Hall–Kier alpha value is -5.47.